The van der Waals surface area contributed by atoms with Gasteiger partial charge in [0.1, 0.15) is 10.7 Å². The van der Waals surface area contributed by atoms with Crippen molar-refractivity contribution < 1.29 is 4.79 Å². The van der Waals surface area contributed by atoms with E-state index in [-0.39, 0.29) is 11.7 Å². The van der Waals surface area contributed by atoms with Crippen LogP contribution in [0.1, 0.15) is 28.4 Å². The van der Waals surface area contributed by atoms with Gasteiger partial charge in [-0.2, -0.15) is 0 Å². The Hall–Kier alpha value is -1.67. The first-order valence-electron chi connectivity index (χ1n) is 6.30. The molecule has 108 valence electrons. The Kier molecular flexibility index (Phi) is 4.56. The molecule has 0 fully saturated rings. The zero-order valence-corrected chi connectivity index (χ0v) is 13.3. The Balaban J connectivity index is 2.17. The Labute approximate surface area is 125 Å². The number of anilines is 3. The number of nitrogens with two attached hydrogens (primary N) is 1. The second-order valence-corrected chi connectivity index (χ2v) is 6.33. The number of nitrogens with zero attached hydrogens (tertiary/aromatic N) is 3. The number of aryl methyl sites for hydroxylation is 1. The monoisotopic (exact) mass is 311 g/mol. The fourth-order valence-electron chi connectivity index (χ4n) is 1.68. The number of aromatic nitrogens is 2. The summed E-state index contributed by atoms with van der Waals surface area (Å²) in [5.74, 6) is 0.00966. The number of hydrogen-bond donors (Lipinski definition) is 2. The summed E-state index contributed by atoms with van der Waals surface area (Å²) in [5, 5.41) is 4.09. The number of thiazole rings is 2. The van der Waals surface area contributed by atoms with E-state index in [0.29, 0.717) is 10.0 Å². The number of nitrogens with one attached hydrogen (secondary N) is 1. The molecular weight excluding hydrogens is 294 g/mol. The van der Waals surface area contributed by atoms with Crippen molar-refractivity contribution in [3.63, 3.8) is 0 Å². The lowest BCUT2D eigenvalue weighted by molar-refractivity contribution is 0.103. The molecule has 2 heterocycles. The van der Waals surface area contributed by atoms with E-state index in [4.69, 9.17) is 5.73 Å². The molecule has 20 heavy (non-hydrogen) atoms. The van der Waals surface area contributed by atoms with Gasteiger partial charge in [0.25, 0.3) is 5.91 Å². The molecule has 0 atom stereocenters. The number of nitrogen functional groups attached to an aromatic ring is 1. The van der Waals surface area contributed by atoms with Crippen molar-refractivity contribution in [1.82, 2.24) is 9.97 Å². The summed E-state index contributed by atoms with van der Waals surface area (Å²) in [4.78, 5) is 24.1. The number of carbonyl (C=O) groups is 1. The van der Waals surface area contributed by atoms with E-state index >= 15 is 0 Å². The van der Waals surface area contributed by atoms with Gasteiger partial charge in [0.15, 0.2) is 10.3 Å². The van der Waals surface area contributed by atoms with Crippen LogP contribution >= 0.6 is 22.7 Å². The minimum atomic E-state index is -0.257. The molecule has 0 aromatic carbocycles. The molecule has 2 aromatic rings. The van der Waals surface area contributed by atoms with Gasteiger partial charge in [0, 0.05) is 24.2 Å². The SMILES string of the molecule is CCN(CC)c1nc(N)c(C(=O)Nc2ncc(C)s2)s1. The number of hydrogen-bond acceptors (Lipinski definition) is 7. The molecule has 1 amide bonds. The Morgan fingerprint density at radius 1 is 1.40 bits per heavy atom. The van der Waals surface area contributed by atoms with Crippen LogP contribution in [0.2, 0.25) is 0 Å². The van der Waals surface area contributed by atoms with Crippen LogP contribution in [-0.4, -0.2) is 29.0 Å². The highest BCUT2D eigenvalue weighted by Gasteiger charge is 2.19. The van der Waals surface area contributed by atoms with Gasteiger partial charge in [-0.3, -0.25) is 10.1 Å². The molecule has 6 nitrogen and oxygen atoms in total. The van der Waals surface area contributed by atoms with Crippen LogP contribution in [0.15, 0.2) is 6.20 Å². The van der Waals surface area contributed by atoms with Crippen LogP contribution in [0.4, 0.5) is 16.1 Å². The first-order valence-corrected chi connectivity index (χ1v) is 7.93. The van der Waals surface area contributed by atoms with Gasteiger partial charge in [0.05, 0.1) is 0 Å². The fraction of sp³-hybridized carbons (Fsp3) is 0.417. The number of amides is 1. The molecule has 0 aliphatic carbocycles. The minimum absolute atomic E-state index is 0.257. The van der Waals surface area contributed by atoms with Gasteiger partial charge in [-0.1, -0.05) is 11.3 Å². The summed E-state index contributed by atoms with van der Waals surface area (Å²) in [6, 6.07) is 0. The Morgan fingerprint density at radius 2 is 2.10 bits per heavy atom. The van der Waals surface area contributed by atoms with E-state index in [2.05, 4.69) is 20.2 Å². The number of carbonyl (C=O) groups excluding carboxylic acids is 1. The van der Waals surface area contributed by atoms with Crippen molar-refractivity contribution in [3.05, 3.63) is 16.0 Å². The normalized spacial score (nSPS) is 10.6. The molecule has 0 radical (unpaired) electrons. The van der Waals surface area contributed by atoms with Crippen LogP contribution in [0.3, 0.4) is 0 Å². The van der Waals surface area contributed by atoms with Gasteiger partial charge >= 0.3 is 0 Å². The molecule has 0 saturated carbocycles. The summed E-state index contributed by atoms with van der Waals surface area (Å²) in [5.41, 5.74) is 5.84. The van der Waals surface area contributed by atoms with Gasteiger partial charge in [-0.05, 0) is 20.8 Å². The first kappa shape index (κ1) is 14.7. The van der Waals surface area contributed by atoms with Crippen molar-refractivity contribution >= 4 is 44.7 Å². The maximum atomic E-state index is 12.2. The third kappa shape index (κ3) is 3.07. The maximum Gasteiger partial charge on any atom is 0.271 e. The molecule has 0 spiro atoms. The molecular formula is C12H17N5OS2. The summed E-state index contributed by atoms with van der Waals surface area (Å²) in [6.45, 7) is 7.68. The Morgan fingerprint density at radius 3 is 2.65 bits per heavy atom. The second-order valence-electron chi connectivity index (χ2n) is 4.11. The molecule has 2 aromatic heterocycles. The summed E-state index contributed by atoms with van der Waals surface area (Å²) in [6.07, 6.45) is 1.72. The van der Waals surface area contributed by atoms with Crippen LogP contribution in [0.5, 0.6) is 0 Å². The highest BCUT2D eigenvalue weighted by molar-refractivity contribution is 7.18. The molecule has 0 aliphatic rings. The largest absolute Gasteiger partial charge is 0.382 e. The van der Waals surface area contributed by atoms with Gasteiger partial charge < -0.3 is 10.6 Å². The average molecular weight is 311 g/mol. The van der Waals surface area contributed by atoms with Crippen molar-refractivity contribution in [1.29, 1.82) is 0 Å². The molecule has 8 heteroatoms. The van der Waals surface area contributed by atoms with E-state index in [0.717, 1.165) is 23.1 Å². The molecule has 0 aliphatic heterocycles. The fourth-order valence-corrected chi connectivity index (χ4v) is 3.35. The third-order valence-electron chi connectivity index (χ3n) is 2.72. The molecule has 0 unspecified atom stereocenters. The first-order chi connectivity index (χ1) is 9.55. The van der Waals surface area contributed by atoms with Crippen LogP contribution in [-0.2, 0) is 0 Å². The molecule has 3 N–H and O–H groups in total. The third-order valence-corrected chi connectivity index (χ3v) is 4.68. The van der Waals surface area contributed by atoms with Crippen LogP contribution in [0, 0.1) is 6.92 Å². The second kappa shape index (κ2) is 6.19. The van der Waals surface area contributed by atoms with Gasteiger partial charge in [-0.25, -0.2) is 9.97 Å². The topological polar surface area (TPSA) is 84.1 Å². The van der Waals surface area contributed by atoms with E-state index in [1.807, 2.05) is 20.8 Å². The summed E-state index contributed by atoms with van der Waals surface area (Å²) in [7, 11) is 0. The summed E-state index contributed by atoms with van der Waals surface area (Å²) < 4.78 is 0. The number of rotatable bonds is 5. The lowest BCUT2D eigenvalue weighted by atomic mass is 10.5. The maximum absolute atomic E-state index is 12.2. The van der Waals surface area contributed by atoms with E-state index < -0.39 is 0 Å². The zero-order valence-electron chi connectivity index (χ0n) is 11.6. The smallest absolute Gasteiger partial charge is 0.271 e. The predicted octanol–water partition coefficient (Wildman–Crippen LogP) is 2.59. The van der Waals surface area contributed by atoms with E-state index in [1.165, 1.54) is 22.7 Å². The highest BCUT2D eigenvalue weighted by Crippen LogP contribution is 2.29. The van der Waals surface area contributed by atoms with E-state index in [9.17, 15) is 4.79 Å². The van der Waals surface area contributed by atoms with Crippen molar-refractivity contribution in [2.24, 2.45) is 0 Å². The Bertz CT molecular complexity index is 603. The van der Waals surface area contributed by atoms with Crippen molar-refractivity contribution in [2.75, 3.05) is 29.0 Å². The standard InChI is InChI=1S/C12H17N5OS2/c1-4-17(5-2)12-15-9(13)8(20-12)10(18)16-11-14-6-7(3)19-11/h6H,4-5,13H2,1-3H3,(H,14,16,18). The minimum Gasteiger partial charge on any atom is -0.382 e. The summed E-state index contributed by atoms with van der Waals surface area (Å²) >= 11 is 2.73. The van der Waals surface area contributed by atoms with Gasteiger partial charge in [0.2, 0.25) is 0 Å². The van der Waals surface area contributed by atoms with Crippen LogP contribution < -0.4 is 16.0 Å². The van der Waals surface area contributed by atoms with Crippen molar-refractivity contribution in [2.45, 2.75) is 20.8 Å². The average Bonchev–Trinajstić information content (AvgIpc) is 2.98. The molecule has 0 bridgehead atoms. The predicted molar refractivity (Wildman–Crippen MR) is 84.9 cm³/mol. The van der Waals surface area contributed by atoms with Gasteiger partial charge in [-0.15, -0.1) is 11.3 Å². The highest BCUT2D eigenvalue weighted by atomic mass is 32.1. The quantitative estimate of drug-likeness (QED) is 0.886. The van der Waals surface area contributed by atoms with Crippen LogP contribution in [0.25, 0.3) is 0 Å². The van der Waals surface area contributed by atoms with E-state index in [1.54, 1.807) is 6.20 Å². The lowest BCUT2D eigenvalue weighted by Gasteiger charge is -2.16. The molecule has 2 rings (SSSR count). The van der Waals surface area contributed by atoms with Crippen molar-refractivity contribution in [3.8, 4) is 0 Å². The molecule has 0 saturated heterocycles. The lowest BCUT2D eigenvalue weighted by Crippen LogP contribution is -2.21. The zero-order chi connectivity index (χ0) is 14.7.